The fraction of sp³-hybridized carbons (Fsp3) is 0.286. The third-order valence-electron chi connectivity index (χ3n) is 1.23. The third-order valence-corrected chi connectivity index (χ3v) is 1.23. The number of aryl methyl sites for hydroxylation is 1. The van der Waals surface area contributed by atoms with Crippen LogP contribution in [0.15, 0.2) is 12.3 Å². The molecule has 3 nitrogen and oxygen atoms in total. The second kappa shape index (κ2) is 2.56. The van der Waals surface area contributed by atoms with Crippen molar-refractivity contribution in [1.82, 2.24) is 0 Å². The number of hydrogen-bond acceptors (Lipinski definition) is 2. The first kappa shape index (κ1) is 6.86. The van der Waals surface area contributed by atoms with Crippen molar-refractivity contribution in [3.05, 3.63) is 29.2 Å². The van der Waals surface area contributed by atoms with Gasteiger partial charge >= 0.3 is 0 Å². The quantitative estimate of drug-likeness (QED) is 0.417. The van der Waals surface area contributed by atoms with Gasteiger partial charge in [-0.25, -0.2) is 0 Å². The average molecular weight is 138 g/mol. The maximum absolute atomic E-state index is 10.8. The van der Waals surface area contributed by atoms with Crippen LogP contribution in [0.5, 0.6) is 5.75 Å². The van der Waals surface area contributed by atoms with E-state index in [2.05, 4.69) is 6.07 Å². The van der Waals surface area contributed by atoms with Crippen molar-refractivity contribution in [2.75, 3.05) is 7.11 Å². The summed E-state index contributed by atoms with van der Waals surface area (Å²) in [6.45, 7) is 1.69. The number of aromatic nitrogens is 1. The van der Waals surface area contributed by atoms with Crippen LogP contribution in [0.3, 0.4) is 0 Å². The highest BCUT2D eigenvalue weighted by molar-refractivity contribution is 5.13. The van der Waals surface area contributed by atoms with Crippen molar-refractivity contribution in [3.8, 4) is 5.75 Å². The summed E-state index contributed by atoms with van der Waals surface area (Å²) in [7, 11) is 1.51. The second-order valence-corrected chi connectivity index (χ2v) is 1.94. The number of rotatable bonds is 1. The molecule has 1 rings (SSSR count). The normalized spacial score (nSPS) is 9.40. The Bertz CT molecular complexity index is 235. The molecule has 0 fully saturated rings. The number of hydrogen-bond donors (Lipinski definition) is 0. The van der Waals surface area contributed by atoms with E-state index in [-0.39, 0.29) is 0 Å². The lowest BCUT2D eigenvalue weighted by Gasteiger charge is -2.00. The van der Waals surface area contributed by atoms with Crippen LogP contribution in [0.1, 0.15) is 5.69 Å². The van der Waals surface area contributed by atoms with Gasteiger partial charge in [0.25, 0.3) is 0 Å². The lowest BCUT2D eigenvalue weighted by Crippen LogP contribution is -2.29. The Morgan fingerprint density at radius 3 is 2.90 bits per heavy atom. The molecular formula is C7H8NO2. The van der Waals surface area contributed by atoms with Crippen LogP contribution in [-0.4, -0.2) is 7.11 Å². The van der Waals surface area contributed by atoms with Crippen molar-refractivity contribution in [1.29, 1.82) is 0 Å². The van der Waals surface area contributed by atoms with Gasteiger partial charge in [0, 0.05) is 13.0 Å². The zero-order valence-electron chi connectivity index (χ0n) is 5.92. The molecule has 1 radical (unpaired) electrons. The van der Waals surface area contributed by atoms with E-state index in [0.717, 1.165) is 4.73 Å². The zero-order chi connectivity index (χ0) is 7.56. The Labute approximate surface area is 59.5 Å². The fourth-order valence-corrected chi connectivity index (χ4v) is 0.600. The smallest absolute Gasteiger partial charge is 0.222 e. The van der Waals surface area contributed by atoms with Gasteiger partial charge in [-0.05, 0) is 0 Å². The molecule has 1 aromatic rings. The Kier molecular flexibility index (Phi) is 1.76. The first-order valence-electron chi connectivity index (χ1n) is 2.89. The van der Waals surface area contributed by atoms with Crippen molar-refractivity contribution in [2.45, 2.75) is 6.92 Å². The molecule has 0 unspecified atom stereocenters. The number of pyridine rings is 1. The molecule has 1 heterocycles. The van der Waals surface area contributed by atoms with Crippen molar-refractivity contribution in [3.63, 3.8) is 0 Å². The van der Waals surface area contributed by atoms with Gasteiger partial charge in [-0.1, -0.05) is 0 Å². The number of nitrogens with zero attached hydrogens (tertiary/aromatic N) is 1. The first-order valence-corrected chi connectivity index (χ1v) is 2.89. The van der Waals surface area contributed by atoms with E-state index in [1.807, 2.05) is 0 Å². The minimum Gasteiger partial charge on any atom is -0.618 e. The first-order chi connectivity index (χ1) is 4.74. The van der Waals surface area contributed by atoms with Crippen LogP contribution in [0, 0.1) is 18.2 Å². The number of ether oxygens (including phenoxy) is 1. The molecule has 0 bridgehead atoms. The number of methoxy groups -OCH3 is 1. The Hall–Kier alpha value is -1.25. The van der Waals surface area contributed by atoms with E-state index >= 15 is 0 Å². The molecule has 0 aromatic carbocycles. The molecule has 0 saturated carbocycles. The van der Waals surface area contributed by atoms with Gasteiger partial charge in [0.05, 0.1) is 13.2 Å². The van der Waals surface area contributed by atoms with E-state index in [0.29, 0.717) is 11.4 Å². The van der Waals surface area contributed by atoms with E-state index < -0.39 is 0 Å². The van der Waals surface area contributed by atoms with Gasteiger partial charge in [0.2, 0.25) is 6.20 Å². The maximum Gasteiger partial charge on any atom is 0.222 e. The monoisotopic (exact) mass is 138 g/mol. The second-order valence-electron chi connectivity index (χ2n) is 1.94. The lowest BCUT2D eigenvalue weighted by molar-refractivity contribution is -0.612. The minimum atomic E-state index is 0.528. The van der Waals surface area contributed by atoms with Gasteiger partial charge in [-0.15, -0.1) is 0 Å². The van der Waals surface area contributed by atoms with Crippen LogP contribution in [0.4, 0.5) is 0 Å². The molecule has 0 N–H and O–H groups in total. The summed E-state index contributed by atoms with van der Waals surface area (Å²) < 4.78 is 5.52. The molecule has 1 aromatic heterocycles. The summed E-state index contributed by atoms with van der Waals surface area (Å²) in [5.41, 5.74) is 0.542. The summed E-state index contributed by atoms with van der Waals surface area (Å²) >= 11 is 0. The summed E-state index contributed by atoms with van der Waals surface area (Å²) in [5.74, 6) is 0.528. The van der Waals surface area contributed by atoms with Crippen molar-refractivity contribution >= 4 is 0 Å². The molecule has 3 heteroatoms. The highest BCUT2D eigenvalue weighted by Crippen LogP contribution is 2.04. The van der Waals surface area contributed by atoms with Gasteiger partial charge in [-0.3, -0.25) is 0 Å². The largest absolute Gasteiger partial charge is 0.618 e. The summed E-state index contributed by atoms with van der Waals surface area (Å²) in [4.78, 5) is 0. The molecule has 0 saturated heterocycles. The molecular weight excluding hydrogens is 130 g/mol. The zero-order valence-corrected chi connectivity index (χ0v) is 5.92. The van der Waals surface area contributed by atoms with Crippen molar-refractivity contribution < 1.29 is 9.47 Å². The van der Waals surface area contributed by atoms with E-state index in [9.17, 15) is 5.21 Å². The van der Waals surface area contributed by atoms with Crippen LogP contribution < -0.4 is 9.47 Å². The van der Waals surface area contributed by atoms with Gasteiger partial charge < -0.3 is 9.94 Å². The molecule has 0 aliphatic rings. The van der Waals surface area contributed by atoms with Crippen LogP contribution in [0.25, 0.3) is 0 Å². The maximum atomic E-state index is 10.8. The molecule has 53 valence electrons. The van der Waals surface area contributed by atoms with Crippen LogP contribution in [-0.2, 0) is 0 Å². The topological polar surface area (TPSA) is 36.2 Å². The summed E-state index contributed by atoms with van der Waals surface area (Å²) in [6, 6.07) is 4.37. The van der Waals surface area contributed by atoms with E-state index in [1.165, 1.54) is 13.3 Å². The van der Waals surface area contributed by atoms with Crippen LogP contribution in [0.2, 0.25) is 0 Å². The minimum absolute atomic E-state index is 0.528. The third kappa shape index (κ3) is 1.18. The van der Waals surface area contributed by atoms with Crippen molar-refractivity contribution in [2.24, 2.45) is 0 Å². The molecule has 10 heavy (non-hydrogen) atoms. The highest BCUT2D eigenvalue weighted by Gasteiger charge is 1.99. The summed E-state index contributed by atoms with van der Waals surface area (Å²) in [6.07, 6.45) is 1.37. The predicted molar refractivity (Wildman–Crippen MR) is 35.5 cm³/mol. The SMILES string of the molecule is COc1c[c]c(C)[n+]([O-])c1. The molecule has 0 atom stereocenters. The van der Waals surface area contributed by atoms with E-state index in [1.54, 1.807) is 13.0 Å². The van der Waals surface area contributed by atoms with Gasteiger partial charge in [-0.2, -0.15) is 4.73 Å². The van der Waals surface area contributed by atoms with Crippen LogP contribution >= 0.6 is 0 Å². The predicted octanol–water partition coefficient (Wildman–Crippen LogP) is 0.437. The molecule has 0 spiro atoms. The summed E-state index contributed by atoms with van der Waals surface area (Å²) in [5, 5.41) is 10.8. The van der Waals surface area contributed by atoms with Gasteiger partial charge in [0.15, 0.2) is 11.4 Å². The molecule has 0 amide bonds. The van der Waals surface area contributed by atoms with E-state index in [4.69, 9.17) is 4.74 Å². The van der Waals surface area contributed by atoms with Gasteiger partial charge in [0.1, 0.15) is 0 Å². The fourth-order valence-electron chi connectivity index (χ4n) is 0.600. The Balaban J connectivity index is 3.04. The highest BCUT2D eigenvalue weighted by atomic mass is 16.5. The Morgan fingerprint density at radius 1 is 1.70 bits per heavy atom. The molecule has 0 aliphatic carbocycles. The standard InChI is InChI=1S/C7H8NO2/c1-6-3-4-7(10-2)5-8(6)9/h4-5H,1-2H3. The lowest BCUT2D eigenvalue weighted by atomic mass is 10.4. The Morgan fingerprint density at radius 2 is 2.40 bits per heavy atom. The average Bonchev–Trinajstić information content (AvgIpc) is 1.95. The molecule has 0 aliphatic heterocycles.